The van der Waals surface area contributed by atoms with Crippen LogP contribution in [0, 0.1) is 0 Å². The Morgan fingerprint density at radius 1 is 1.19 bits per heavy atom. The van der Waals surface area contributed by atoms with Crippen LogP contribution in [0.5, 0.6) is 5.75 Å². The first-order valence-corrected chi connectivity index (χ1v) is 7.04. The Morgan fingerprint density at radius 2 is 1.90 bits per heavy atom. The molecule has 0 unspecified atom stereocenters. The molecule has 0 fully saturated rings. The van der Waals surface area contributed by atoms with Crippen molar-refractivity contribution in [1.29, 1.82) is 0 Å². The summed E-state index contributed by atoms with van der Waals surface area (Å²) in [6.07, 6.45) is 0. The minimum absolute atomic E-state index is 0.187. The monoisotopic (exact) mass is 324 g/mol. The summed E-state index contributed by atoms with van der Waals surface area (Å²) in [5.41, 5.74) is 6.28. The molecule has 0 atom stereocenters. The molecule has 0 saturated heterocycles. The molecule has 0 spiro atoms. The van der Waals surface area contributed by atoms with E-state index in [2.05, 4.69) is 5.32 Å². The maximum absolute atomic E-state index is 12.0. The third kappa shape index (κ3) is 4.28. The van der Waals surface area contributed by atoms with Gasteiger partial charge in [0.1, 0.15) is 12.4 Å². The molecule has 2 rings (SSSR count). The molecule has 6 heteroatoms. The zero-order valence-electron chi connectivity index (χ0n) is 11.1. The maximum atomic E-state index is 12.0. The van der Waals surface area contributed by atoms with E-state index in [1.165, 1.54) is 12.1 Å². The first-order chi connectivity index (χ1) is 10.1. The number of anilines is 1. The molecule has 2 aromatic rings. The third-order valence-electron chi connectivity index (χ3n) is 2.69. The normalized spacial score (nSPS) is 10.2. The van der Waals surface area contributed by atoms with Crippen molar-refractivity contribution in [1.82, 2.24) is 5.32 Å². The molecule has 2 aromatic carbocycles. The number of amides is 1. The van der Waals surface area contributed by atoms with Gasteiger partial charge in [0.05, 0.1) is 22.2 Å². The fraction of sp³-hybridized carbons (Fsp3) is 0.133. The number of para-hydroxylation sites is 1. The van der Waals surface area contributed by atoms with Gasteiger partial charge >= 0.3 is 0 Å². The minimum Gasteiger partial charge on any atom is -0.492 e. The maximum Gasteiger partial charge on any atom is 0.253 e. The molecule has 21 heavy (non-hydrogen) atoms. The van der Waals surface area contributed by atoms with Crippen LogP contribution in [-0.4, -0.2) is 19.1 Å². The van der Waals surface area contributed by atoms with Crippen molar-refractivity contribution >= 4 is 34.8 Å². The first kappa shape index (κ1) is 15.5. The topological polar surface area (TPSA) is 64.4 Å². The Balaban J connectivity index is 1.88. The van der Waals surface area contributed by atoms with E-state index >= 15 is 0 Å². The molecule has 1 amide bonds. The summed E-state index contributed by atoms with van der Waals surface area (Å²) in [4.78, 5) is 12.0. The highest BCUT2D eigenvalue weighted by atomic mass is 35.5. The lowest BCUT2D eigenvalue weighted by Crippen LogP contribution is -2.28. The van der Waals surface area contributed by atoms with Gasteiger partial charge < -0.3 is 15.8 Å². The zero-order chi connectivity index (χ0) is 15.2. The van der Waals surface area contributed by atoms with Crippen molar-refractivity contribution in [2.75, 3.05) is 18.9 Å². The van der Waals surface area contributed by atoms with Gasteiger partial charge in [0.15, 0.2) is 0 Å². The van der Waals surface area contributed by atoms with Crippen molar-refractivity contribution in [3.63, 3.8) is 0 Å². The molecule has 0 aliphatic heterocycles. The predicted octanol–water partition coefficient (Wildman–Crippen LogP) is 3.38. The number of hydrogen-bond donors (Lipinski definition) is 2. The molecule has 110 valence electrons. The molecule has 0 radical (unpaired) electrons. The first-order valence-electron chi connectivity index (χ1n) is 6.28. The highest BCUT2D eigenvalue weighted by molar-refractivity contribution is 6.44. The van der Waals surface area contributed by atoms with E-state index in [4.69, 9.17) is 33.7 Å². The molecular weight excluding hydrogens is 311 g/mol. The minimum atomic E-state index is -0.342. The summed E-state index contributed by atoms with van der Waals surface area (Å²) >= 11 is 11.9. The quantitative estimate of drug-likeness (QED) is 0.654. The number of nitrogens with two attached hydrogens (primary N) is 1. The second kappa shape index (κ2) is 7.20. The van der Waals surface area contributed by atoms with Gasteiger partial charge in [-0.1, -0.05) is 41.4 Å². The van der Waals surface area contributed by atoms with E-state index in [9.17, 15) is 4.79 Å². The van der Waals surface area contributed by atoms with Gasteiger partial charge in [0.25, 0.3) is 5.91 Å². The molecule has 0 saturated carbocycles. The lowest BCUT2D eigenvalue weighted by atomic mass is 10.2. The fourth-order valence-electron chi connectivity index (χ4n) is 1.72. The number of ether oxygens (including phenoxy) is 1. The van der Waals surface area contributed by atoms with Crippen LogP contribution in [0.1, 0.15) is 10.4 Å². The van der Waals surface area contributed by atoms with E-state index in [1.54, 1.807) is 0 Å². The van der Waals surface area contributed by atoms with Crippen LogP contribution in [0.4, 0.5) is 5.69 Å². The number of halogens is 2. The SMILES string of the molecule is Nc1cc(Cl)c(Cl)c(C(=O)NCCOc2ccccc2)c1. The van der Waals surface area contributed by atoms with Gasteiger partial charge in [-0.3, -0.25) is 4.79 Å². The summed E-state index contributed by atoms with van der Waals surface area (Å²) in [7, 11) is 0. The molecule has 0 bridgehead atoms. The number of rotatable bonds is 5. The van der Waals surface area contributed by atoms with E-state index < -0.39 is 0 Å². The lowest BCUT2D eigenvalue weighted by molar-refractivity contribution is 0.0947. The van der Waals surface area contributed by atoms with Crippen LogP contribution < -0.4 is 15.8 Å². The molecule has 4 nitrogen and oxygen atoms in total. The summed E-state index contributed by atoms with van der Waals surface area (Å²) in [6, 6.07) is 12.3. The van der Waals surface area contributed by atoms with Crippen molar-refractivity contribution < 1.29 is 9.53 Å². The van der Waals surface area contributed by atoms with Crippen LogP contribution in [0.2, 0.25) is 10.0 Å². The van der Waals surface area contributed by atoms with Gasteiger partial charge in [-0.15, -0.1) is 0 Å². The van der Waals surface area contributed by atoms with Crippen LogP contribution in [-0.2, 0) is 0 Å². The number of carbonyl (C=O) groups excluding carboxylic acids is 1. The number of carbonyl (C=O) groups is 1. The van der Waals surface area contributed by atoms with Gasteiger partial charge in [0.2, 0.25) is 0 Å². The fourth-order valence-corrected chi connectivity index (χ4v) is 2.14. The van der Waals surface area contributed by atoms with Crippen LogP contribution >= 0.6 is 23.2 Å². The van der Waals surface area contributed by atoms with Crippen molar-refractivity contribution in [3.8, 4) is 5.75 Å². The number of nitrogens with one attached hydrogen (secondary N) is 1. The summed E-state index contributed by atoms with van der Waals surface area (Å²) in [5.74, 6) is 0.405. The standard InChI is InChI=1S/C15H14Cl2N2O2/c16-13-9-10(18)8-12(14(13)17)15(20)19-6-7-21-11-4-2-1-3-5-11/h1-5,8-9H,6-7,18H2,(H,19,20). The largest absolute Gasteiger partial charge is 0.492 e. The van der Waals surface area contributed by atoms with Crippen molar-refractivity contribution in [2.45, 2.75) is 0 Å². The molecule has 0 aliphatic rings. The van der Waals surface area contributed by atoms with Crippen LogP contribution in [0.15, 0.2) is 42.5 Å². The zero-order valence-corrected chi connectivity index (χ0v) is 12.6. The summed E-state index contributed by atoms with van der Waals surface area (Å²) in [6.45, 7) is 0.694. The lowest BCUT2D eigenvalue weighted by Gasteiger charge is -2.10. The Labute approximate surface area is 132 Å². The summed E-state index contributed by atoms with van der Waals surface area (Å²) < 4.78 is 5.47. The van der Waals surface area contributed by atoms with Gasteiger partial charge in [-0.05, 0) is 24.3 Å². The number of hydrogen-bond acceptors (Lipinski definition) is 3. The average Bonchev–Trinajstić information content (AvgIpc) is 2.48. The van der Waals surface area contributed by atoms with Crippen LogP contribution in [0.25, 0.3) is 0 Å². The van der Waals surface area contributed by atoms with E-state index in [0.29, 0.717) is 18.8 Å². The third-order valence-corrected chi connectivity index (χ3v) is 3.50. The number of nitrogen functional groups attached to an aromatic ring is 1. The van der Waals surface area contributed by atoms with Gasteiger partial charge in [0, 0.05) is 5.69 Å². The summed E-state index contributed by atoms with van der Waals surface area (Å²) in [5, 5.41) is 3.14. The smallest absolute Gasteiger partial charge is 0.253 e. The van der Waals surface area contributed by atoms with Gasteiger partial charge in [-0.25, -0.2) is 0 Å². The average molecular weight is 325 g/mol. The second-order valence-electron chi connectivity index (χ2n) is 4.28. The highest BCUT2D eigenvalue weighted by Gasteiger charge is 2.13. The Hall–Kier alpha value is -1.91. The Morgan fingerprint density at radius 3 is 2.62 bits per heavy atom. The Kier molecular flexibility index (Phi) is 5.31. The molecule has 0 aliphatic carbocycles. The molecule has 3 N–H and O–H groups in total. The highest BCUT2D eigenvalue weighted by Crippen LogP contribution is 2.28. The molecule has 0 heterocycles. The van der Waals surface area contributed by atoms with Crippen molar-refractivity contribution in [2.24, 2.45) is 0 Å². The van der Waals surface area contributed by atoms with E-state index in [-0.39, 0.29) is 21.5 Å². The molecule has 0 aromatic heterocycles. The second-order valence-corrected chi connectivity index (χ2v) is 5.07. The van der Waals surface area contributed by atoms with Crippen molar-refractivity contribution in [3.05, 3.63) is 58.1 Å². The van der Waals surface area contributed by atoms with E-state index in [0.717, 1.165) is 5.75 Å². The number of benzene rings is 2. The Bertz CT molecular complexity index is 633. The molecular formula is C15H14Cl2N2O2. The predicted molar refractivity (Wildman–Crippen MR) is 85.1 cm³/mol. The van der Waals surface area contributed by atoms with Crippen LogP contribution in [0.3, 0.4) is 0 Å². The van der Waals surface area contributed by atoms with E-state index in [1.807, 2.05) is 30.3 Å². The van der Waals surface area contributed by atoms with Gasteiger partial charge in [-0.2, -0.15) is 0 Å².